The van der Waals surface area contributed by atoms with Gasteiger partial charge in [-0.1, -0.05) is 0 Å². The number of primary amides is 1. The predicted molar refractivity (Wildman–Crippen MR) is 65.9 cm³/mol. The molecule has 0 aliphatic rings. The van der Waals surface area contributed by atoms with Gasteiger partial charge in [0.25, 0.3) is 0 Å². The molecular formula is C13H16FN3O. The number of nitrogens with zero attached hydrogens (tertiary/aromatic N) is 2. The van der Waals surface area contributed by atoms with Crippen LogP contribution in [0.4, 0.5) is 4.39 Å². The van der Waals surface area contributed by atoms with Crippen molar-refractivity contribution in [1.82, 2.24) is 4.90 Å². The molecule has 0 spiro atoms. The van der Waals surface area contributed by atoms with Crippen LogP contribution in [0.25, 0.3) is 0 Å². The Balaban J connectivity index is 2.93. The summed E-state index contributed by atoms with van der Waals surface area (Å²) in [6, 6.07) is 6.19. The molecule has 0 fully saturated rings. The van der Waals surface area contributed by atoms with Crippen LogP contribution in [0.3, 0.4) is 0 Å². The fourth-order valence-electron chi connectivity index (χ4n) is 1.61. The summed E-state index contributed by atoms with van der Waals surface area (Å²) < 4.78 is 13.6. The van der Waals surface area contributed by atoms with E-state index in [9.17, 15) is 9.18 Å². The van der Waals surface area contributed by atoms with Crippen LogP contribution in [0.2, 0.25) is 0 Å². The first-order valence-corrected chi connectivity index (χ1v) is 5.65. The molecule has 0 saturated heterocycles. The van der Waals surface area contributed by atoms with Crippen LogP contribution in [0.5, 0.6) is 0 Å². The molecule has 1 amide bonds. The Morgan fingerprint density at radius 3 is 2.72 bits per heavy atom. The van der Waals surface area contributed by atoms with Gasteiger partial charge in [-0.05, 0) is 32.0 Å². The molecule has 2 N–H and O–H groups in total. The van der Waals surface area contributed by atoms with Crippen molar-refractivity contribution in [3.63, 3.8) is 0 Å². The Kier molecular flexibility index (Phi) is 4.81. The second kappa shape index (κ2) is 6.12. The Morgan fingerprint density at radius 1 is 1.56 bits per heavy atom. The number of nitrogens with two attached hydrogens (primary N) is 1. The molecule has 4 nitrogen and oxygen atoms in total. The summed E-state index contributed by atoms with van der Waals surface area (Å²) >= 11 is 0. The van der Waals surface area contributed by atoms with Gasteiger partial charge in [-0.3, -0.25) is 9.69 Å². The maximum Gasteiger partial charge on any atom is 0.231 e. The molecule has 18 heavy (non-hydrogen) atoms. The number of hydrogen-bond acceptors (Lipinski definition) is 3. The zero-order valence-electron chi connectivity index (χ0n) is 10.5. The number of nitriles is 1. The molecule has 0 aliphatic carbocycles. The van der Waals surface area contributed by atoms with Gasteiger partial charge in [-0.25, -0.2) is 4.39 Å². The van der Waals surface area contributed by atoms with E-state index in [4.69, 9.17) is 11.0 Å². The zero-order valence-corrected chi connectivity index (χ0v) is 10.5. The third-order valence-electron chi connectivity index (χ3n) is 2.64. The highest BCUT2D eigenvalue weighted by atomic mass is 19.1. The molecular weight excluding hydrogens is 233 g/mol. The molecule has 1 rings (SSSR count). The van der Waals surface area contributed by atoms with Crippen LogP contribution in [0.15, 0.2) is 18.2 Å². The van der Waals surface area contributed by atoms with Gasteiger partial charge >= 0.3 is 0 Å². The lowest BCUT2D eigenvalue weighted by atomic mass is 10.1. The quantitative estimate of drug-likeness (QED) is 0.857. The van der Waals surface area contributed by atoms with Crippen molar-refractivity contribution in [3.8, 4) is 6.07 Å². The second-order valence-electron chi connectivity index (χ2n) is 4.38. The first kappa shape index (κ1) is 14.1. The minimum Gasteiger partial charge on any atom is -0.369 e. The topological polar surface area (TPSA) is 70.1 Å². The highest BCUT2D eigenvalue weighted by Gasteiger charge is 2.15. The monoisotopic (exact) mass is 249 g/mol. The first-order valence-electron chi connectivity index (χ1n) is 5.65. The summed E-state index contributed by atoms with van der Waals surface area (Å²) in [6.45, 7) is 4.11. The Morgan fingerprint density at radius 2 is 2.22 bits per heavy atom. The summed E-state index contributed by atoms with van der Waals surface area (Å²) in [5.74, 6) is -0.843. The Bertz CT molecular complexity index is 480. The first-order chi connectivity index (χ1) is 8.43. The second-order valence-corrected chi connectivity index (χ2v) is 4.38. The number of amides is 1. The lowest BCUT2D eigenvalue weighted by molar-refractivity contribution is -0.119. The van der Waals surface area contributed by atoms with Crippen molar-refractivity contribution >= 4 is 5.91 Å². The molecule has 0 saturated carbocycles. The minimum absolute atomic E-state index is 0.0580. The lowest BCUT2D eigenvalue weighted by Crippen LogP contribution is -2.38. The molecule has 0 radical (unpaired) electrons. The molecule has 0 aromatic heterocycles. The van der Waals surface area contributed by atoms with E-state index in [2.05, 4.69) is 0 Å². The Hall–Kier alpha value is -1.93. The molecule has 0 atom stereocenters. The summed E-state index contributed by atoms with van der Waals surface area (Å²) in [7, 11) is 0. The maximum absolute atomic E-state index is 13.6. The van der Waals surface area contributed by atoms with Crippen LogP contribution in [-0.4, -0.2) is 23.4 Å². The molecule has 96 valence electrons. The van der Waals surface area contributed by atoms with Crippen molar-refractivity contribution in [2.45, 2.75) is 26.4 Å². The highest BCUT2D eigenvalue weighted by Crippen LogP contribution is 2.14. The van der Waals surface area contributed by atoms with Gasteiger partial charge in [0.1, 0.15) is 5.82 Å². The van der Waals surface area contributed by atoms with Crippen LogP contribution in [0.1, 0.15) is 25.0 Å². The van der Waals surface area contributed by atoms with Crippen LogP contribution >= 0.6 is 0 Å². The van der Waals surface area contributed by atoms with Crippen LogP contribution in [-0.2, 0) is 11.3 Å². The summed E-state index contributed by atoms with van der Waals surface area (Å²) in [5.41, 5.74) is 5.94. The van der Waals surface area contributed by atoms with E-state index in [0.29, 0.717) is 11.1 Å². The number of hydrogen-bond donors (Lipinski definition) is 1. The van der Waals surface area contributed by atoms with Gasteiger partial charge in [0.15, 0.2) is 0 Å². The van der Waals surface area contributed by atoms with E-state index in [1.807, 2.05) is 19.9 Å². The normalized spacial score (nSPS) is 10.7. The van der Waals surface area contributed by atoms with E-state index in [1.165, 1.54) is 18.2 Å². The van der Waals surface area contributed by atoms with Gasteiger partial charge in [0.05, 0.1) is 18.2 Å². The van der Waals surface area contributed by atoms with E-state index >= 15 is 0 Å². The van der Waals surface area contributed by atoms with E-state index in [1.54, 1.807) is 4.90 Å². The van der Waals surface area contributed by atoms with Crippen LogP contribution < -0.4 is 5.73 Å². The maximum atomic E-state index is 13.6. The van der Waals surface area contributed by atoms with Gasteiger partial charge in [0.2, 0.25) is 5.91 Å². The van der Waals surface area contributed by atoms with Crippen molar-refractivity contribution in [2.75, 3.05) is 6.54 Å². The van der Waals surface area contributed by atoms with Gasteiger partial charge in [0, 0.05) is 18.2 Å². The van der Waals surface area contributed by atoms with Gasteiger partial charge in [-0.15, -0.1) is 0 Å². The SMILES string of the molecule is CC(C)N(CC(N)=O)Cc1cc(C#N)ccc1F. The van der Waals surface area contributed by atoms with Crippen LogP contribution in [0, 0.1) is 17.1 Å². The van der Waals surface area contributed by atoms with Gasteiger partial charge in [-0.2, -0.15) is 5.26 Å². The molecule has 5 heteroatoms. The number of carbonyl (C=O) groups excluding carboxylic acids is 1. The summed E-state index contributed by atoms with van der Waals surface area (Å²) in [6.07, 6.45) is 0. The lowest BCUT2D eigenvalue weighted by Gasteiger charge is -2.25. The largest absolute Gasteiger partial charge is 0.369 e. The van der Waals surface area contributed by atoms with Crippen molar-refractivity contribution in [3.05, 3.63) is 35.1 Å². The molecule has 1 aromatic rings. The zero-order chi connectivity index (χ0) is 13.7. The average Bonchev–Trinajstić information content (AvgIpc) is 2.30. The summed E-state index contributed by atoms with van der Waals surface area (Å²) in [5, 5.41) is 8.78. The van der Waals surface area contributed by atoms with Crippen molar-refractivity contribution in [1.29, 1.82) is 5.26 Å². The van der Waals surface area contributed by atoms with Crippen molar-refractivity contribution < 1.29 is 9.18 Å². The van der Waals surface area contributed by atoms with E-state index in [-0.39, 0.29) is 24.9 Å². The Labute approximate surface area is 106 Å². The van der Waals surface area contributed by atoms with Gasteiger partial charge < -0.3 is 5.73 Å². The third kappa shape index (κ3) is 3.82. The molecule has 0 heterocycles. The average molecular weight is 249 g/mol. The third-order valence-corrected chi connectivity index (χ3v) is 2.64. The summed E-state index contributed by atoms with van der Waals surface area (Å²) in [4.78, 5) is 12.7. The molecule has 0 unspecified atom stereocenters. The molecule has 0 bridgehead atoms. The van der Waals surface area contributed by atoms with Crippen molar-refractivity contribution in [2.24, 2.45) is 5.73 Å². The number of rotatable bonds is 5. The standard InChI is InChI=1S/C13H16FN3O/c1-9(2)17(8-13(16)18)7-11-5-10(6-15)3-4-12(11)14/h3-5,9H,7-8H2,1-2H3,(H2,16,18). The number of carbonyl (C=O) groups is 1. The molecule has 1 aromatic carbocycles. The predicted octanol–water partition coefficient (Wildman–Crippen LogP) is 1.39. The number of benzene rings is 1. The number of halogens is 1. The fraction of sp³-hybridized carbons (Fsp3) is 0.385. The minimum atomic E-state index is -0.458. The highest BCUT2D eigenvalue weighted by molar-refractivity contribution is 5.75. The fourth-order valence-corrected chi connectivity index (χ4v) is 1.61. The smallest absolute Gasteiger partial charge is 0.231 e. The van der Waals surface area contributed by atoms with E-state index in [0.717, 1.165) is 0 Å². The van der Waals surface area contributed by atoms with E-state index < -0.39 is 5.91 Å². The molecule has 0 aliphatic heterocycles.